The second kappa shape index (κ2) is 6.61. The van der Waals surface area contributed by atoms with Crippen LogP contribution in [-0.2, 0) is 9.59 Å². The number of hydrogen-bond acceptors (Lipinski definition) is 4. The van der Waals surface area contributed by atoms with Crippen molar-refractivity contribution in [3.05, 3.63) is 24.3 Å². The first-order chi connectivity index (χ1) is 8.52. The van der Waals surface area contributed by atoms with Gasteiger partial charge in [-0.25, -0.2) is 0 Å². The molecule has 0 radical (unpaired) electrons. The summed E-state index contributed by atoms with van der Waals surface area (Å²) < 4.78 is 4.97. The Morgan fingerprint density at radius 1 is 1.28 bits per heavy atom. The van der Waals surface area contributed by atoms with Gasteiger partial charge in [0.15, 0.2) is 0 Å². The number of hydrogen-bond donors (Lipinski definition) is 3. The van der Waals surface area contributed by atoms with E-state index in [9.17, 15) is 9.59 Å². The maximum atomic E-state index is 11.4. The average Bonchev–Trinajstić information content (AvgIpc) is 2.36. The van der Waals surface area contributed by atoms with E-state index in [4.69, 9.17) is 9.84 Å². The zero-order chi connectivity index (χ0) is 13.5. The maximum Gasteiger partial charge on any atom is 0.313 e. The number of carbonyl (C=O) groups excluding carboxylic acids is 2. The molecular weight excluding hydrogens is 236 g/mol. The second-order valence-corrected chi connectivity index (χ2v) is 3.74. The van der Waals surface area contributed by atoms with Crippen LogP contribution in [0.2, 0.25) is 0 Å². The number of carbonyl (C=O) groups is 2. The normalized spacial score (nSPS) is 11.5. The highest BCUT2D eigenvalue weighted by Crippen LogP contribution is 2.14. The van der Waals surface area contributed by atoms with Gasteiger partial charge >= 0.3 is 11.8 Å². The minimum absolute atomic E-state index is 0.0366. The first-order valence-corrected chi connectivity index (χ1v) is 5.44. The highest BCUT2D eigenvalue weighted by Gasteiger charge is 2.13. The van der Waals surface area contributed by atoms with Crippen LogP contribution in [0.15, 0.2) is 24.3 Å². The van der Waals surface area contributed by atoms with E-state index < -0.39 is 17.9 Å². The Labute approximate surface area is 105 Å². The fourth-order valence-corrected chi connectivity index (χ4v) is 1.18. The summed E-state index contributed by atoms with van der Waals surface area (Å²) >= 11 is 0. The summed E-state index contributed by atoms with van der Waals surface area (Å²) in [7, 11) is 1.54. The van der Waals surface area contributed by atoms with Gasteiger partial charge in [-0.05, 0) is 31.2 Å². The summed E-state index contributed by atoms with van der Waals surface area (Å²) in [6, 6.07) is 6.59. The van der Waals surface area contributed by atoms with Crippen molar-refractivity contribution < 1.29 is 19.4 Å². The molecule has 18 heavy (non-hydrogen) atoms. The molecule has 0 aromatic heterocycles. The Hall–Kier alpha value is -2.08. The fourth-order valence-electron chi connectivity index (χ4n) is 1.18. The van der Waals surface area contributed by atoms with Crippen LogP contribution >= 0.6 is 0 Å². The van der Waals surface area contributed by atoms with Gasteiger partial charge in [0.05, 0.1) is 13.2 Å². The lowest BCUT2D eigenvalue weighted by Crippen LogP contribution is -2.38. The quantitative estimate of drug-likeness (QED) is 0.665. The number of aliphatic hydroxyl groups is 1. The van der Waals surface area contributed by atoms with Gasteiger partial charge < -0.3 is 20.5 Å². The molecular formula is C12H16N2O4. The molecule has 1 rings (SSSR count). The molecule has 1 aromatic carbocycles. The lowest BCUT2D eigenvalue weighted by Gasteiger charge is -2.08. The van der Waals surface area contributed by atoms with Gasteiger partial charge in [0.25, 0.3) is 0 Å². The summed E-state index contributed by atoms with van der Waals surface area (Å²) in [6.07, 6.45) is -0.692. The number of nitrogens with one attached hydrogen (secondary N) is 2. The number of rotatable bonds is 4. The summed E-state index contributed by atoms with van der Waals surface area (Å²) in [6.45, 7) is 1.55. The molecule has 0 aliphatic heterocycles. The molecule has 3 N–H and O–H groups in total. The molecule has 0 bridgehead atoms. The second-order valence-electron chi connectivity index (χ2n) is 3.74. The van der Waals surface area contributed by atoms with Crippen molar-refractivity contribution in [1.29, 1.82) is 0 Å². The SMILES string of the molecule is COc1ccc(NC(=O)C(=O)NC[C@@H](C)O)cc1. The molecule has 1 aromatic rings. The van der Waals surface area contributed by atoms with Crippen LogP contribution in [0.25, 0.3) is 0 Å². The van der Waals surface area contributed by atoms with Crippen molar-refractivity contribution >= 4 is 17.5 Å². The summed E-state index contributed by atoms with van der Waals surface area (Å²) in [5, 5.41) is 13.7. The first-order valence-electron chi connectivity index (χ1n) is 5.44. The van der Waals surface area contributed by atoms with Gasteiger partial charge in [0.1, 0.15) is 5.75 Å². The van der Waals surface area contributed by atoms with E-state index in [1.807, 2.05) is 0 Å². The Balaban J connectivity index is 2.50. The van der Waals surface area contributed by atoms with E-state index in [0.29, 0.717) is 11.4 Å². The predicted octanol–water partition coefficient (Wildman–Crippen LogP) is 0.131. The fraction of sp³-hybridized carbons (Fsp3) is 0.333. The van der Waals surface area contributed by atoms with Crippen molar-refractivity contribution in [1.82, 2.24) is 5.32 Å². The highest BCUT2D eigenvalue weighted by atomic mass is 16.5. The molecule has 0 aliphatic carbocycles. The van der Waals surface area contributed by atoms with E-state index in [2.05, 4.69) is 10.6 Å². The van der Waals surface area contributed by atoms with Gasteiger partial charge in [-0.1, -0.05) is 0 Å². The predicted molar refractivity (Wildman–Crippen MR) is 66.3 cm³/mol. The number of methoxy groups -OCH3 is 1. The van der Waals surface area contributed by atoms with Crippen LogP contribution in [0.4, 0.5) is 5.69 Å². The van der Waals surface area contributed by atoms with Gasteiger partial charge in [0.2, 0.25) is 0 Å². The van der Waals surface area contributed by atoms with Crippen molar-refractivity contribution in [2.45, 2.75) is 13.0 Å². The molecule has 0 spiro atoms. The van der Waals surface area contributed by atoms with Crippen LogP contribution in [0.5, 0.6) is 5.75 Å². The van der Waals surface area contributed by atoms with Gasteiger partial charge in [-0.2, -0.15) is 0 Å². The van der Waals surface area contributed by atoms with Crippen molar-refractivity contribution in [2.75, 3.05) is 19.0 Å². The summed E-state index contributed by atoms with van der Waals surface area (Å²) in [4.78, 5) is 22.8. The van der Waals surface area contributed by atoms with Gasteiger partial charge in [-0.15, -0.1) is 0 Å². The number of amides is 2. The molecule has 0 unspecified atom stereocenters. The topological polar surface area (TPSA) is 87.7 Å². The number of benzene rings is 1. The molecule has 98 valence electrons. The highest BCUT2D eigenvalue weighted by molar-refractivity contribution is 6.39. The lowest BCUT2D eigenvalue weighted by atomic mass is 10.3. The van der Waals surface area contributed by atoms with E-state index in [1.165, 1.54) is 14.0 Å². The van der Waals surface area contributed by atoms with Crippen molar-refractivity contribution in [3.63, 3.8) is 0 Å². The first kappa shape index (κ1) is 14.0. The smallest absolute Gasteiger partial charge is 0.313 e. The minimum Gasteiger partial charge on any atom is -0.497 e. The minimum atomic E-state index is -0.785. The van der Waals surface area contributed by atoms with E-state index in [-0.39, 0.29) is 6.54 Å². The van der Waals surface area contributed by atoms with E-state index >= 15 is 0 Å². The zero-order valence-corrected chi connectivity index (χ0v) is 10.3. The maximum absolute atomic E-state index is 11.4. The van der Waals surface area contributed by atoms with E-state index in [1.54, 1.807) is 24.3 Å². The Morgan fingerprint density at radius 3 is 2.39 bits per heavy atom. The third-order valence-electron chi connectivity index (χ3n) is 2.11. The monoisotopic (exact) mass is 252 g/mol. The average molecular weight is 252 g/mol. The largest absolute Gasteiger partial charge is 0.497 e. The molecule has 1 atom stereocenters. The molecule has 0 saturated heterocycles. The van der Waals surface area contributed by atoms with E-state index in [0.717, 1.165) is 0 Å². The Kier molecular flexibility index (Phi) is 5.13. The van der Waals surface area contributed by atoms with Crippen molar-refractivity contribution in [2.24, 2.45) is 0 Å². The van der Waals surface area contributed by atoms with Gasteiger partial charge in [0, 0.05) is 12.2 Å². The Bertz CT molecular complexity index is 415. The van der Waals surface area contributed by atoms with Crippen molar-refractivity contribution in [3.8, 4) is 5.75 Å². The molecule has 2 amide bonds. The molecule has 6 heteroatoms. The van der Waals surface area contributed by atoms with Gasteiger partial charge in [-0.3, -0.25) is 9.59 Å². The summed E-state index contributed by atoms with van der Waals surface area (Å²) in [5.41, 5.74) is 0.494. The third kappa shape index (κ3) is 4.42. The number of aliphatic hydroxyl groups excluding tert-OH is 1. The molecule has 0 fully saturated rings. The lowest BCUT2D eigenvalue weighted by molar-refractivity contribution is -0.136. The Morgan fingerprint density at radius 2 is 1.89 bits per heavy atom. The van der Waals surface area contributed by atoms with Crippen LogP contribution in [0, 0.1) is 0 Å². The molecule has 0 aliphatic rings. The summed E-state index contributed by atoms with van der Waals surface area (Å²) in [5.74, 6) is -0.904. The zero-order valence-electron chi connectivity index (χ0n) is 10.3. The number of ether oxygens (including phenoxy) is 1. The van der Waals surface area contributed by atoms with Crippen LogP contribution < -0.4 is 15.4 Å². The molecule has 6 nitrogen and oxygen atoms in total. The van der Waals surface area contributed by atoms with Crippen LogP contribution in [-0.4, -0.2) is 36.7 Å². The third-order valence-corrected chi connectivity index (χ3v) is 2.11. The standard InChI is InChI=1S/C12H16N2O4/c1-8(15)7-13-11(16)12(17)14-9-3-5-10(18-2)6-4-9/h3-6,8,15H,7H2,1-2H3,(H,13,16)(H,14,17)/t8-/m1/s1. The molecule has 0 saturated carbocycles. The van der Waals surface area contributed by atoms with Crippen LogP contribution in [0.3, 0.4) is 0 Å². The molecule has 0 heterocycles. The van der Waals surface area contributed by atoms with Crippen LogP contribution in [0.1, 0.15) is 6.92 Å². The number of anilines is 1.